The molecule has 1 aliphatic heterocycles. The quantitative estimate of drug-likeness (QED) is 0.476. The minimum Gasteiger partial charge on any atom is -0.368 e. The minimum atomic E-state index is -3.98. The van der Waals surface area contributed by atoms with Gasteiger partial charge in [-0.1, -0.05) is 22.9 Å². The second-order valence-electron chi connectivity index (χ2n) is 8.96. The number of hydrogen-bond acceptors (Lipinski definition) is 7. The van der Waals surface area contributed by atoms with Gasteiger partial charge in [0.25, 0.3) is 5.56 Å². The second kappa shape index (κ2) is 7.67. The molecule has 0 aliphatic carbocycles. The van der Waals surface area contributed by atoms with Gasteiger partial charge in [-0.3, -0.25) is 4.79 Å². The Hall–Kier alpha value is -3.24. The van der Waals surface area contributed by atoms with Crippen molar-refractivity contribution in [1.82, 2.24) is 25.1 Å². The molecule has 33 heavy (non-hydrogen) atoms. The maximum Gasteiger partial charge on any atom is 0.259 e. The van der Waals surface area contributed by atoms with Gasteiger partial charge in [-0.05, 0) is 57.5 Å². The number of benzene rings is 2. The molecule has 0 spiro atoms. The van der Waals surface area contributed by atoms with Gasteiger partial charge in [0.1, 0.15) is 0 Å². The lowest BCUT2D eigenvalue weighted by atomic mass is 10.1. The lowest BCUT2D eigenvalue weighted by Gasteiger charge is -2.37. The summed E-state index contributed by atoms with van der Waals surface area (Å²) in [5.74, 6) is 0. The topological polar surface area (TPSA) is 112 Å². The fraction of sp³-hybridized carbons (Fsp3) is 0.348. The monoisotopic (exact) mass is 466 g/mol. The molecule has 0 saturated carbocycles. The number of piperazine rings is 1. The van der Waals surface area contributed by atoms with E-state index in [4.69, 9.17) is 0 Å². The van der Waals surface area contributed by atoms with Gasteiger partial charge in [0.15, 0.2) is 5.65 Å². The van der Waals surface area contributed by atoms with Crippen LogP contribution in [0.2, 0.25) is 0 Å². The fourth-order valence-corrected chi connectivity index (χ4v) is 6.20. The smallest absolute Gasteiger partial charge is 0.259 e. The molecule has 4 aromatic rings. The summed E-state index contributed by atoms with van der Waals surface area (Å²) in [6.07, 6.45) is 0. The molecule has 2 unspecified atom stereocenters. The third-order valence-electron chi connectivity index (χ3n) is 6.12. The Morgan fingerprint density at radius 3 is 2.45 bits per heavy atom. The summed E-state index contributed by atoms with van der Waals surface area (Å²) < 4.78 is 28.3. The molecule has 1 fully saturated rings. The van der Waals surface area contributed by atoms with E-state index in [-0.39, 0.29) is 21.1 Å². The number of sulfone groups is 1. The van der Waals surface area contributed by atoms with Crippen molar-refractivity contribution in [1.29, 1.82) is 0 Å². The first kappa shape index (κ1) is 21.6. The molecule has 10 heteroatoms. The van der Waals surface area contributed by atoms with Gasteiger partial charge < -0.3 is 15.2 Å². The number of aryl methyl sites for hydroxylation is 2. The molecule has 0 amide bonds. The molecule has 1 aliphatic rings. The van der Waals surface area contributed by atoms with Crippen LogP contribution in [0, 0.1) is 13.8 Å². The number of H-pyrrole nitrogens is 1. The fourth-order valence-electron chi connectivity index (χ4n) is 4.73. The molecular weight excluding hydrogens is 440 g/mol. The van der Waals surface area contributed by atoms with Crippen molar-refractivity contribution in [3.63, 3.8) is 0 Å². The molecule has 0 bridgehead atoms. The van der Waals surface area contributed by atoms with Gasteiger partial charge in [-0.25, -0.2) is 8.42 Å². The Morgan fingerprint density at radius 2 is 1.76 bits per heavy atom. The summed E-state index contributed by atoms with van der Waals surface area (Å²) in [6.45, 7) is 9.56. The Bertz CT molecular complexity index is 1550. The van der Waals surface area contributed by atoms with Gasteiger partial charge in [-0.15, -0.1) is 5.10 Å². The first-order chi connectivity index (χ1) is 15.6. The number of nitrogens with one attached hydrogen (secondary N) is 2. The summed E-state index contributed by atoms with van der Waals surface area (Å²) in [5, 5.41) is 11.8. The number of aromatic nitrogens is 4. The highest BCUT2D eigenvalue weighted by molar-refractivity contribution is 7.91. The van der Waals surface area contributed by atoms with Crippen molar-refractivity contribution in [3.05, 3.63) is 57.9 Å². The van der Waals surface area contributed by atoms with Gasteiger partial charge in [0, 0.05) is 30.9 Å². The number of nitrogens with zero attached hydrogens (tertiary/aromatic N) is 4. The number of hydrogen-bond donors (Lipinski definition) is 2. The zero-order valence-corrected chi connectivity index (χ0v) is 19.8. The third-order valence-corrected chi connectivity index (χ3v) is 7.94. The lowest BCUT2D eigenvalue weighted by molar-refractivity contribution is 0.407. The van der Waals surface area contributed by atoms with Crippen molar-refractivity contribution < 1.29 is 8.42 Å². The predicted molar refractivity (Wildman–Crippen MR) is 127 cm³/mol. The Balaban J connectivity index is 1.69. The largest absolute Gasteiger partial charge is 0.368 e. The highest BCUT2D eigenvalue weighted by atomic mass is 32.2. The number of fused-ring (bicyclic) bond motifs is 3. The SMILES string of the molecule is Cc1ccc(S(=O)(=O)c2nnn3c2[nH]c(=O)c2ccc(N4CC(C)NC(C)C4)cc23)c(C)c1. The normalized spacial score (nSPS) is 19.5. The highest BCUT2D eigenvalue weighted by Gasteiger charge is 2.28. The van der Waals surface area contributed by atoms with Crippen molar-refractivity contribution in [2.45, 2.75) is 49.7 Å². The van der Waals surface area contributed by atoms with E-state index in [1.165, 1.54) is 4.52 Å². The van der Waals surface area contributed by atoms with E-state index in [1.807, 2.05) is 19.1 Å². The van der Waals surface area contributed by atoms with Crippen molar-refractivity contribution in [3.8, 4) is 0 Å². The summed E-state index contributed by atoms with van der Waals surface area (Å²) in [4.78, 5) is 17.9. The highest BCUT2D eigenvalue weighted by Crippen LogP contribution is 2.27. The van der Waals surface area contributed by atoms with Gasteiger partial charge in [0.2, 0.25) is 14.9 Å². The van der Waals surface area contributed by atoms with E-state index in [9.17, 15) is 13.2 Å². The van der Waals surface area contributed by atoms with Crippen LogP contribution in [0.5, 0.6) is 0 Å². The van der Waals surface area contributed by atoms with Crippen LogP contribution in [-0.2, 0) is 9.84 Å². The van der Waals surface area contributed by atoms with Gasteiger partial charge in [0.05, 0.1) is 15.8 Å². The molecule has 5 rings (SSSR count). The standard InChI is InChI=1S/C23H26N6O3S/c1-13-5-8-20(14(2)9-13)33(31,32)23-21-25-22(30)18-7-6-17(10-19(18)29(21)27-26-23)28-11-15(3)24-16(4)12-28/h5-10,15-16,24H,11-12H2,1-4H3,(H,25,30). The van der Waals surface area contributed by atoms with Crippen molar-refractivity contribution in [2.24, 2.45) is 0 Å². The zero-order chi connectivity index (χ0) is 23.5. The Morgan fingerprint density at radius 1 is 1.03 bits per heavy atom. The molecule has 1 saturated heterocycles. The van der Waals surface area contributed by atoms with Crippen LogP contribution in [0.3, 0.4) is 0 Å². The molecule has 172 valence electrons. The number of anilines is 1. The van der Waals surface area contributed by atoms with E-state index in [0.717, 1.165) is 24.3 Å². The molecular formula is C23H26N6O3S. The molecule has 2 N–H and O–H groups in total. The average molecular weight is 467 g/mol. The van der Waals surface area contributed by atoms with Crippen LogP contribution in [0.15, 0.2) is 51.1 Å². The van der Waals surface area contributed by atoms with E-state index < -0.39 is 9.84 Å². The maximum atomic E-state index is 13.4. The summed E-state index contributed by atoms with van der Waals surface area (Å²) in [5.41, 5.74) is 2.71. The van der Waals surface area contributed by atoms with Crippen molar-refractivity contribution in [2.75, 3.05) is 18.0 Å². The predicted octanol–water partition coefficient (Wildman–Crippen LogP) is 2.21. The molecule has 9 nitrogen and oxygen atoms in total. The van der Waals surface area contributed by atoms with Gasteiger partial charge >= 0.3 is 0 Å². The lowest BCUT2D eigenvalue weighted by Crippen LogP contribution is -2.54. The van der Waals surface area contributed by atoms with E-state index in [0.29, 0.717) is 28.6 Å². The first-order valence-corrected chi connectivity index (χ1v) is 12.4. The molecule has 2 aromatic carbocycles. The Kier molecular flexibility index (Phi) is 5.02. The molecule has 2 aromatic heterocycles. The third kappa shape index (κ3) is 3.59. The van der Waals surface area contributed by atoms with Crippen LogP contribution < -0.4 is 15.8 Å². The summed E-state index contributed by atoms with van der Waals surface area (Å²) >= 11 is 0. The Labute approximate surface area is 191 Å². The second-order valence-corrected chi connectivity index (χ2v) is 10.8. The van der Waals surface area contributed by atoms with Gasteiger partial charge in [-0.2, -0.15) is 4.52 Å². The zero-order valence-electron chi connectivity index (χ0n) is 19.0. The van der Waals surface area contributed by atoms with Crippen LogP contribution in [0.1, 0.15) is 25.0 Å². The van der Waals surface area contributed by atoms with Crippen molar-refractivity contribution >= 4 is 32.1 Å². The van der Waals surface area contributed by atoms with Crippen LogP contribution >= 0.6 is 0 Å². The first-order valence-electron chi connectivity index (χ1n) is 10.9. The van der Waals surface area contributed by atoms with E-state index in [1.54, 1.807) is 31.2 Å². The van der Waals surface area contributed by atoms with E-state index in [2.05, 4.69) is 39.4 Å². The van der Waals surface area contributed by atoms with E-state index >= 15 is 0 Å². The summed E-state index contributed by atoms with van der Waals surface area (Å²) in [7, 11) is -3.98. The summed E-state index contributed by atoms with van der Waals surface area (Å²) in [6, 6.07) is 11.3. The average Bonchev–Trinajstić information content (AvgIpc) is 3.17. The molecule has 3 heterocycles. The van der Waals surface area contributed by atoms with Crippen LogP contribution in [-0.4, -0.2) is 53.4 Å². The molecule has 0 radical (unpaired) electrons. The molecule has 2 atom stereocenters. The van der Waals surface area contributed by atoms with Crippen LogP contribution in [0.4, 0.5) is 5.69 Å². The maximum absolute atomic E-state index is 13.4. The number of aromatic amines is 1. The minimum absolute atomic E-state index is 0.0617. The van der Waals surface area contributed by atoms with Crippen LogP contribution in [0.25, 0.3) is 16.6 Å². The number of rotatable bonds is 3.